The van der Waals surface area contributed by atoms with E-state index in [2.05, 4.69) is 28.8 Å². The molecule has 45 heavy (non-hydrogen) atoms. The topological polar surface area (TPSA) is 97.1 Å². The van der Waals surface area contributed by atoms with Gasteiger partial charge in [0.1, 0.15) is 17.1 Å². The molecule has 5 rings (SSSR count). The van der Waals surface area contributed by atoms with Gasteiger partial charge in [0.2, 0.25) is 5.91 Å². The number of hydrogen-bond acceptors (Lipinski definition) is 5. The lowest BCUT2D eigenvalue weighted by molar-refractivity contribution is -0.134. The monoisotopic (exact) mass is 614 g/mol. The van der Waals surface area contributed by atoms with E-state index < -0.39 is 17.7 Å². The molecule has 0 bridgehead atoms. The molecule has 240 valence electrons. The Morgan fingerprint density at radius 1 is 1.07 bits per heavy atom. The number of aromatic nitrogens is 2. The fourth-order valence-corrected chi connectivity index (χ4v) is 6.87. The number of fused-ring (bicyclic) bond motifs is 2. The van der Waals surface area contributed by atoms with Gasteiger partial charge in [-0.2, -0.15) is 0 Å². The predicted molar refractivity (Wildman–Crippen MR) is 177 cm³/mol. The summed E-state index contributed by atoms with van der Waals surface area (Å²) < 4.78 is 13.3. The quantitative estimate of drug-likeness (QED) is 0.188. The van der Waals surface area contributed by atoms with E-state index in [0.29, 0.717) is 26.1 Å². The number of aryl methyl sites for hydroxylation is 1. The first-order chi connectivity index (χ1) is 21.6. The highest BCUT2D eigenvalue weighted by atomic mass is 16.5. The van der Waals surface area contributed by atoms with E-state index in [4.69, 9.17) is 14.5 Å². The molecule has 1 N–H and O–H groups in total. The van der Waals surface area contributed by atoms with Crippen LogP contribution in [-0.4, -0.2) is 82.0 Å². The van der Waals surface area contributed by atoms with Crippen LogP contribution >= 0.6 is 0 Å². The zero-order valence-corrected chi connectivity index (χ0v) is 27.2. The third-order valence-electron chi connectivity index (χ3n) is 8.84. The molecule has 0 spiro atoms. The lowest BCUT2D eigenvalue weighted by atomic mass is 9.93. The maximum Gasteiger partial charge on any atom is 0.408 e. The largest absolute Gasteiger partial charge is 0.494 e. The Kier molecular flexibility index (Phi) is 9.97. The lowest BCUT2D eigenvalue weighted by Gasteiger charge is -2.41. The van der Waals surface area contributed by atoms with Crippen LogP contribution in [-0.2, 0) is 22.5 Å². The summed E-state index contributed by atoms with van der Waals surface area (Å²) >= 11 is 0. The number of carboxylic acid groups (broad SMARTS) is 1. The first-order valence-electron chi connectivity index (χ1n) is 15.9. The van der Waals surface area contributed by atoms with Gasteiger partial charge in [0.15, 0.2) is 0 Å². The molecule has 1 saturated heterocycles. The summed E-state index contributed by atoms with van der Waals surface area (Å²) in [6.07, 6.45) is 2.15. The maximum atomic E-state index is 14.1. The average molecular weight is 615 g/mol. The van der Waals surface area contributed by atoms with Crippen LogP contribution in [0.3, 0.4) is 0 Å². The smallest absolute Gasteiger partial charge is 0.408 e. The number of imidazole rings is 1. The van der Waals surface area contributed by atoms with Crippen molar-refractivity contribution in [3.63, 3.8) is 0 Å². The van der Waals surface area contributed by atoms with Crippen molar-refractivity contribution in [1.29, 1.82) is 0 Å². The van der Waals surface area contributed by atoms with Gasteiger partial charge >= 0.3 is 6.09 Å². The second kappa shape index (κ2) is 13.9. The minimum atomic E-state index is -1.02. The van der Waals surface area contributed by atoms with E-state index in [1.807, 2.05) is 62.1 Å². The summed E-state index contributed by atoms with van der Waals surface area (Å²) in [5.41, 5.74) is 2.18. The van der Waals surface area contributed by atoms with E-state index in [-0.39, 0.29) is 18.2 Å². The minimum absolute atomic E-state index is 0.0272. The molecular formula is C36H46N4O5. The molecule has 3 aromatic carbocycles. The van der Waals surface area contributed by atoms with Crippen LogP contribution in [0.5, 0.6) is 5.75 Å². The molecule has 2 atom stereocenters. The van der Waals surface area contributed by atoms with Crippen molar-refractivity contribution in [2.24, 2.45) is 0 Å². The van der Waals surface area contributed by atoms with Crippen LogP contribution in [0.2, 0.25) is 0 Å². The van der Waals surface area contributed by atoms with Crippen molar-refractivity contribution in [3.8, 4) is 5.75 Å². The summed E-state index contributed by atoms with van der Waals surface area (Å²) in [4.78, 5) is 35.1. The number of piperidine rings is 1. The van der Waals surface area contributed by atoms with Gasteiger partial charge in [-0.15, -0.1) is 0 Å². The summed E-state index contributed by atoms with van der Waals surface area (Å²) in [7, 11) is 3.38. The standard InChI is InChI=1S/C36H46N4O5/c1-36(2,3)40(35(42)43)29(22-25-16-17-26-11-6-7-12-27(26)21-25)23-32(41)38-18-9-13-28(24-38)34-37-30-14-8-15-31(45-5)33(30)39(34)19-10-20-44-4/h6-8,11-12,14-17,21,28-29H,9-10,13,18-20,22-24H2,1-5H3,(H,42,43)/t28-,29-/m1/s1. The fourth-order valence-electron chi connectivity index (χ4n) is 6.87. The van der Waals surface area contributed by atoms with E-state index >= 15 is 0 Å². The van der Waals surface area contributed by atoms with Crippen LogP contribution in [0.1, 0.15) is 63.8 Å². The van der Waals surface area contributed by atoms with Crippen molar-refractivity contribution < 1.29 is 24.2 Å². The second-order valence-electron chi connectivity index (χ2n) is 13.0. The number of nitrogens with zero attached hydrogens (tertiary/aromatic N) is 4. The van der Waals surface area contributed by atoms with Crippen LogP contribution < -0.4 is 4.74 Å². The lowest BCUT2D eigenvalue weighted by Crippen LogP contribution is -2.54. The number of para-hydroxylation sites is 1. The Balaban J connectivity index is 1.41. The number of methoxy groups -OCH3 is 2. The molecule has 1 aliphatic heterocycles. The molecule has 1 fully saturated rings. The molecular weight excluding hydrogens is 568 g/mol. The summed E-state index contributed by atoms with van der Waals surface area (Å²) in [5, 5.41) is 12.6. The van der Waals surface area contributed by atoms with Gasteiger partial charge in [0.05, 0.1) is 12.6 Å². The number of hydrogen-bond donors (Lipinski definition) is 1. The number of carbonyl (C=O) groups excluding carboxylic acids is 1. The second-order valence-corrected chi connectivity index (χ2v) is 13.0. The van der Waals surface area contributed by atoms with Gasteiger partial charge in [0.25, 0.3) is 0 Å². The Hall–Kier alpha value is -4.11. The molecule has 2 amide bonds. The molecule has 1 aliphatic rings. The third kappa shape index (κ3) is 7.25. The van der Waals surface area contributed by atoms with E-state index in [9.17, 15) is 14.7 Å². The van der Waals surface area contributed by atoms with Gasteiger partial charge in [-0.25, -0.2) is 9.78 Å². The minimum Gasteiger partial charge on any atom is -0.494 e. The molecule has 0 aliphatic carbocycles. The number of rotatable bonds is 11. The highest BCUT2D eigenvalue weighted by Gasteiger charge is 2.37. The van der Waals surface area contributed by atoms with Crippen molar-refractivity contribution in [2.45, 2.75) is 76.9 Å². The Morgan fingerprint density at radius 3 is 2.56 bits per heavy atom. The highest BCUT2D eigenvalue weighted by molar-refractivity contribution is 5.84. The summed E-state index contributed by atoms with van der Waals surface area (Å²) in [5.74, 6) is 1.76. The van der Waals surface area contributed by atoms with Crippen LogP contribution in [0.15, 0.2) is 60.7 Å². The molecule has 0 radical (unpaired) electrons. The first-order valence-corrected chi connectivity index (χ1v) is 15.9. The van der Waals surface area contributed by atoms with E-state index in [1.54, 1.807) is 14.2 Å². The molecule has 1 aromatic heterocycles. The molecule has 9 nitrogen and oxygen atoms in total. The highest BCUT2D eigenvalue weighted by Crippen LogP contribution is 2.34. The van der Waals surface area contributed by atoms with Gasteiger partial charge in [-0.05, 0) is 74.9 Å². The molecule has 4 aromatic rings. The zero-order valence-electron chi connectivity index (χ0n) is 27.2. The summed E-state index contributed by atoms with van der Waals surface area (Å²) in [6, 6.07) is 19.7. The van der Waals surface area contributed by atoms with Crippen LogP contribution in [0, 0.1) is 0 Å². The third-order valence-corrected chi connectivity index (χ3v) is 8.84. The van der Waals surface area contributed by atoms with Gasteiger partial charge < -0.3 is 24.0 Å². The average Bonchev–Trinajstić information content (AvgIpc) is 3.39. The number of benzene rings is 3. The predicted octanol–water partition coefficient (Wildman–Crippen LogP) is 6.72. The van der Waals surface area contributed by atoms with Crippen LogP contribution in [0.4, 0.5) is 4.79 Å². The van der Waals surface area contributed by atoms with Gasteiger partial charge in [-0.1, -0.05) is 48.5 Å². The van der Waals surface area contributed by atoms with Crippen molar-refractivity contribution in [3.05, 3.63) is 72.1 Å². The van der Waals surface area contributed by atoms with Gasteiger partial charge in [-0.3, -0.25) is 9.69 Å². The molecule has 0 unspecified atom stereocenters. The van der Waals surface area contributed by atoms with Crippen molar-refractivity contribution in [1.82, 2.24) is 19.4 Å². The Labute approximate surface area is 265 Å². The number of amides is 2. The SMILES string of the molecule is COCCCn1c([C@@H]2CCCN(C(=O)C[C@@H](Cc3ccc4ccccc4c3)N(C(=O)O)C(C)(C)C)C2)nc2cccc(OC)c21. The number of likely N-dealkylation sites (tertiary alicyclic amines) is 1. The van der Waals surface area contributed by atoms with Crippen molar-refractivity contribution >= 4 is 33.8 Å². The molecule has 9 heteroatoms. The maximum absolute atomic E-state index is 14.1. The summed E-state index contributed by atoms with van der Waals surface area (Å²) in [6.45, 7) is 8.22. The van der Waals surface area contributed by atoms with E-state index in [1.165, 1.54) is 4.90 Å². The van der Waals surface area contributed by atoms with Crippen LogP contribution in [0.25, 0.3) is 21.8 Å². The zero-order chi connectivity index (χ0) is 32.1. The van der Waals surface area contributed by atoms with Gasteiger partial charge in [0, 0.05) is 57.3 Å². The Morgan fingerprint density at radius 2 is 1.84 bits per heavy atom. The normalized spacial score (nSPS) is 16.2. The van der Waals surface area contributed by atoms with E-state index in [0.717, 1.165) is 64.8 Å². The fraction of sp³-hybridized carbons (Fsp3) is 0.472. The Bertz CT molecular complexity index is 1640. The first kappa shape index (κ1) is 32.3. The molecule has 2 heterocycles. The molecule has 0 saturated carbocycles. The number of carbonyl (C=O) groups is 2. The van der Waals surface area contributed by atoms with Crippen molar-refractivity contribution in [2.75, 3.05) is 33.9 Å². The number of ether oxygens (including phenoxy) is 2.